The van der Waals surface area contributed by atoms with Crippen molar-refractivity contribution in [2.24, 2.45) is 5.92 Å². The lowest BCUT2D eigenvalue weighted by molar-refractivity contribution is 0.319. The van der Waals surface area contributed by atoms with Crippen LogP contribution in [0.2, 0.25) is 0 Å². The summed E-state index contributed by atoms with van der Waals surface area (Å²) in [4.78, 5) is 11.9. The van der Waals surface area contributed by atoms with Crippen LogP contribution in [0, 0.1) is 5.92 Å². The van der Waals surface area contributed by atoms with Gasteiger partial charge in [0.1, 0.15) is 5.82 Å². The quantitative estimate of drug-likeness (QED) is 0.520. The smallest absolute Gasteiger partial charge is 0.225 e. The summed E-state index contributed by atoms with van der Waals surface area (Å²) in [5.41, 5.74) is 3.70. The van der Waals surface area contributed by atoms with Crippen LogP contribution >= 0.6 is 0 Å². The summed E-state index contributed by atoms with van der Waals surface area (Å²) in [5.74, 6) is 4.58. The molecular formula is C27H41N5O3. The summed E-state index contributed by atoms with van der Waals surface area (Å²) in [6.07, 6.45) is 9.32. The van der Waals surface area contributed by atoms with Gasteiger partial charge in [-0.3, -0.25) is 0 Å². The molecule has 1 heterocycles. The van der Waals surface area contributed by atoms with Crippen molar-refractivity contribution in [3.05, 3.63) is 29.0 Å². The van der Waals surface area contributed by atoms with Gasteiger partial charge in [0.15, 0.2) is 11.5 Å². The Morgan fingerprint density at radius 2 is 1.60 bits per heavy atom. The van der Waals surface area contributed by atoms with Gasteiger partial charge in [-0.25, -0.2) is 4.98 Å². The molecule has 2 N–H and O–H groups in total. The van der Waals surface area contributed by atoms with Gasteiger partial charge in [0.05, 0.1) is 27.0 Å². The Morgan fingerprint density at radius 1 is 0.914 bits per heavy atom. The minimum atomic E-state index is 0.443. The molecule has 0 amide bonds. The normalized spacial score (nSPS) is 19.6. The van der Waals surface area contributed by atoms with Crippen LogP contribution in [0.1, 0.15) is 55.3 Å². The number of nitrogens with zero attached hydrogens (tertiary/aromatic N) is 3. The van der Waals surface area contributed by atoms with Crippen molar-refractivity contribution in [3.63, 3.8) is 0 Å². The van der Waals surface area contributed by atoms with Gasteiger partial charge in [0.2, 0.25) is 11.7 Å². The van der Waals surface area contributed by atoms with Gasteiger partial charge in [-0.1, -0.05) is 0 Å². The molecule has 8 heteroatoms. The maximum Gasteiger partial charge on any atom is 0.225 e. The molecule has 1 fully saturated rings. The number of hydrogen-bond acceptors (Lipinski definition) is 8. The molecule has 0 radical (unpaired) electrons. The molecule has 2 aliphatic carbocycles. The highest BCUT2D eigenvalue weighted by Gasteiger charge is 2.24. The number of rotatable bonds is 10. The van der Waals surface area contributed by atoms with E-state index in [1.807, 2.05) is 12.1 Å². The zero-order valence-corrected chi connectivity index (χ0v) is 21.9. The fourth-order valence-corrected chi connectivity index (χ4v) is 5.36. The van der Waals surface area contributed by atoms with Crippen LogP contribution in [0.3, 0.4) is 0 Å². The van der Waals surface area contributed by atoms with E-state index in [0.29, 0.717) is 29.2 Å². The van der Waals surface area contributed by atoms with E-state index in [1.165, 1.54) is 36.9 Å². The molecule has 2 aromatic rings. The van der Waals surface area contributed by atoms with Crippen LogP contribution in [-0.4, -0.2) is 58.0 Å². The van der Waals surface area contributed by atoms with Crippen molar-refractivity contribution in [1.29, 1.82) is 0 Å². The van der Waals surface area contributed by atoms with Crippen molar-refractivity contribution in [2.45, 2.75) is 64.0 Å². The Balaban J connectivity index is 1.27. The van der Waals surface area contributed by atoms with Crippen LogP contribution in [0.15, 0.2) is 12.1 Å². The van der Waals surface area contributed by atoms with E-state index in [9.17, 15) is 0 Å². The molecule has 8 nitrogen and oxygen atoms in total. The predicted octanol–water partition coefficient (Wildman–Crippen LogP) is 4.21. The van der Waals surface area contributed by atoms with E-state index in [0.717, 1.165) is 56.1 Å². The van der Waals surface area contributed by atoms with Crippen LogP contribution in [0.25, 0.3) is 0 Å². The van der Waals surface area contributed by atoms with Gasteiger partial charge in [-0.05, 0) is 81.5 Å². The number of aromatic nitrogens is 2. The molecular weight excluding hydrogens is 442 g/mol. The fraction of sp³-hybridized carbons (Fsp3) is 0.630. The fourth-order valence-electron chi connectivity index (χ4n) is 5.36. The summed E-state index contributed by atoms with van der Waals surface area (Å²) >= 11 is 0. The Hall–Kier alpha value is -2.74. The lowest BCUT2D eigenvalue weighted by Crippen LogP contribution is -2.32. The lowest BCUT2D eigenvalue weighted by Gasteiger charge is -2.30. The summed E-state index contributed by atoms with van der Waals surface area (Å²) in [6, 6.07) is 4.46. The SMILES string of the molecule is COc1cc(CNCC2CCC(Nc3nc4c(c(N(C)C)n3)CCCC4)CC2)cc(OC)c1OC. The van der Waals surface area contributed by atoms with Gasteiger partial charge < -0.3 is 29.7 Å². The van der Waals surface area contributed by atoms with Gasteiger partial charge in [0, 0.05) is 32.2 Å². The zero-order valence-electron chi connectivity index (χ0n) is 21.9. The molecule has 0 saturated heterocycles. The molecule has 0 spiro atoms. The van der Waals surface area contributed by atoms with E-state index < -0.39 is 0 Å². The first-order valence-electron chi connectivity index (χ1n) is 12.9. The molecule has 35 heavy (non-hydrogen) atoms. The Bertz CT molecular complexity index is 964. The summed E-state index contributed by atoms with van der Waals surface area (Å²) in [5, 5.41) is 7.28. The highest BCUT2D eigenvalue weighted by molar-refractivity contribution is 5.54. The predicted molar refractivity (Wildman–Crippen MR) is 140 cm³/mol. The average Bonchev–Trinajstić information content (AvgIpc) is 2.88. The number of fused-ring (bicyclic) bond motifs is 1. The second kappa shape index (κ2) is 11.8. The van der Waals surface area contributed by atoms with E-state index in [4.69, 9.17) is 24.2 Å². The first kappa shape index (κ1) is 25.4. The van der Waals surface area contributed by atoms with Crippen LogP contribution in [-0.2, 0) is 19.4 Å². The van der Waals surface area contributed by atoms with E-state index >= 15 is 0 Å². The number of nitrogens with one attached hydrogen (secondary N) is 2. The molecule has 1 aromatic heterocycles. The molecule has 2 aliphatic rings. The molecule has 0 aliphatic heterocycles. The Kier molecular flexibility index (Phi) is 8.55. The molecule has 1 aromatic carbocycles. The molecule has 1 saturated carbocycles. The number of anilines is 2. The van der Waals surface area contributed by atoms with Crippen LogP contribution < -0.4 is 29.7 Å². The van der Waals surface area contributed by atoms with Gasteiger partial charge in [0.25, 0.3) is 0 Å². The summed E-state index contributed by atoms with van der Waals surface area (Å²) < 4.78 is 16.4. The maximum atomic E-state index is 5.47. The summed E-state index contributed by atoms with van der Waals surface area (Å²) in [6.45, 7) is 1.77. The van der Waals surface area contributed by atoms with Crippen molar-refractivity contribution in [1.82, 2.24) is 15.3 Å². The monoisotopic (exact) mass is 483 g/mol. The Labute approximate surface area is 209 Å². The number of hydrogen-bond donors (Lipinski definition) is 2. The zero-order chi connectivity index (χ0) is 24.8. The van der Waals surface area contributed by atoms with Crippen LogP contribution in [0.4, 0.5) is 11.8 Å². The second-order valence-corrected chi connectivity index (χ2v) is 9.92. The third-order valence-electron chi connectivity index (χ3n) is 7.25. The van der Waals surface area contributed by atoms with Crippen molar-refractivity contribution in [2.75, 3.05) is 52.2 Å². The van der Waals surface area contributed by atoms with Crippen molar-refractivity contribution >= 4 is 11.8 Å². The molecule has 0 bridgehead atoms. The number of benzene rings is 1. The Morgan fingerprint density at radius 3 is 2.23 bits per heavy atom. The lowest BCUT2D eigenvalue weighted by atomic mass is 9.86. The summed E-state index contributed by atoms with van der Waals surface area (Å²) in [7, 11) is 9.09. The molecule has 192 valence electrons. The van der Waals surface area contributed by atoms with Gasteiger partial charge in [-0.15, -0.1) is 0 Å². The van der Waals surface area contributed by atoms with E-state index in [1.54, 1.807) is 21.3 Å². The highest BCUT2D eigenvalue weighted by Crippen LogP contribution is 2.38. The molecule has 0 unspecified atom stereocenters. The third-order valence-corrected chi connectivity index (χ3v) is 7.25. The average molecular weight is 484 g/mol. The first-order chi connectivity index (χ1) is 17.0. The number of methoxy groups -OCH3 is 3. The highest BCUT2D eigenvalue weighted by atomic mass is 16.5. The van der Waals surface area contributed by atoms with E-state index in [-0.39, 0.29) is 0 Å². The molecule has 4 rings (SSSR count). The second-order valence-electron chi connectivity index (χ2n) is 9.92. The van der Waals surface area contributed by atoms with Crippen LogP contribution in [0.5, 0.6) is 17.2 Å². The maximum absolute atomic E-state index is 5.47. The number of aryl methyl sites for hydroxylation is 1. The van der Waals surface area contributed by atoms with Gasteiger partial charge in [-0.2, -0.15) is 4.98 Å². The van der Waals surface area contributed by atoms with Crippen molar-refractivity contribution < 1.29 is 14.2 Å². The van der Waals surface area contributed by atoms with Gasteiger partial charge >= 0.3 is 0 Å². The third kappa shape index (κ3) is 6.10. The first-order valence-corrected chi connectivity index (χ1v) is 12.9. The standard InChI is InChI=1S/C27H41N5O3/c1-32(2)26-21-8-6-7-9-22(21)30-27(31-26)29-20-12-10-18(11-13-20)16-28-17-19-14-23(33-3)25(35-5)24(15-19)34-4/h14-15,18,20,28H,6-13,16-17H2,1-5H3,(H,29,30,31). The largest absolute Gasteiger partial charge is 0.493 e. The number of ether oxygens (including phenoxy) is 3. The minimum absolute atomic E-state index is 0.443. The molecule has 0 atom stereocenters. The topological polar surface area (TPSA) is 80.8 Å². The van der Waals surface area contributed by atoms with Crippen molar-refractivity contribution in [3.8, 4) is 17.2 Å². The van der Waals surface area contributed by atoms with E-state index in [2.05, 4.69) is 29.6 Å². The minimum Gasteiger partial charge on any atom is -0.493 e.